The second kappa shape index (κ2) is 35.2. The fourth-order valence-electron chi connectivity index (χ4n) is 13.7. The van der Waals surface area contributed by atoms with Crippen molar-refractivity contribution in [2.75, 3.05) is 0 Å². The summed E-state index contributed by atoms with van der Waals surface area (Å²) < 4.78 is 77.2. The van der Waals surface area contributed by atoms with Crippen molar-refractivity contribution in [3.63, 3.8) is 0 Å². The van der Waals surface area contributed by atoms with Gasteiger partial charge in [-0.3, -0.25) is 19.9 Å². The molecule has 0 amide bonds. The van der Waals surface area contributed by atoms with Gasteiger partial charge in [0, 0.05) is 66.1 Å². The number of fused-ring (bicyclic) bond motifs is 6. The Morgan fingerprint density at radius 2 is 0.716 bits per heavy atom. The molecule has 16 aromatic rings. The molecule has 22 heteroatoms. The Balaban J connectivity index is 0.000000147. The summed E-state index contributed by atoms with van der Waals surface area (Å²) in [5.74, 6) is -0.398. The molecule has 0 aliphatic carbocycles. The molecule has 0 radical (unpaired) electrons. The van der Waals surface area contributed by atoms with E-state index in [1.165, 1.54) is 86.0 Å². The van der Waals surface area contributed by atoms with Gasteiger partial charge < -0.3 is 23.5 Å². The summed E-state index contributed by atoms with van der Waals surface area (Å²) in [7, 11) is -7.76. The van der Waals surface area contributed by atoms with Crippen LogP contribution in [-0.4, -0.2) is 76.1 Å². The maximum absolute atomic E-state index is 12.8. The van der Waals surface area contributed by atoms with Crippen molar-refractivity contribution < 1.29 is 45.1 Å². The Bertz CT molecular complexity index is 6460. The van der Waals surface area contributed by atoms with Crippen LogP contribution in [0.1, 0.15) is 57.4 Å². The van der Waals surface area contributed by atoms with E-state index in [0.717, 1.165) is 76.6 Å². The summed E-state index contributed by atoms with van der Waals surface area (Å²) in [5, 5.41) is 65.3. The Kier molecular flexibility index (Phi) is 24.8. The molecule has 1 aliphatic rings. The van der Waals surface area contributed by atoms with E-state index < -0.39 is 35.6 Å². The fourth-order valence-corrected chi connectivity index (χ4v) is 14.1. The molecule has 0 bridgehead atoms. The predicted octanol–water partition coefficient (Wildman–Crippen LogP) is 19.6. The normalized spacial score (nSPS) is 12.5. The van der Waals surface area contributed by atoms with E-state index >= 15 is 0 Å². The molecule has 1 aliphatic heterocycles. The van der Waals surface area contributed by atoms with Crippen molar-refractivity contribution in [1.29, 1.82) is 21.0 Å². The van der Waals surface area contributed by atoms with Crippen molar-refractivity contribution in [3.8, 4) is 85.7 Å². The molecule has 568 valence electrons. The second-order valence-electron chi connectivity index (χ2n) is 28.4. The van der Waals surface area contributed by atoms with Gasteiger partial charge in [-0.05, 0) is 197 Å². The number of pyridine rings is 4. The van der Waals surface area contributed by atoms with Crippen LogP contribution < -0.4 is 20.6 Å². The van der Waals surface area contributed by atoms with Crippen molar-refractivity contribution in [2.24, 2.45) is 0 Å². The van der Waals surface area contributed by atoms with Crippen molar-refractivity contribution in [2.45, 2.75) is 65.5 Å². The van der Waals surface area contributed by atoms with E-state index in [1.54, 1.807) is 43.0 Å². The van der Waals surface area contributed by atoms with E-state index in [1.807, 2.05) is 107 Å². The van der Waals surface area contributed by atoms with E-state index in [9.17, 15) is 26.9 Å². The summed E-state index contributed by atoms with van der Waals surface area (Å²) >= 11 is 0. The number of hydrogen-bond acceptors (Lipinski definition) is 15. The smallest absolute Gasteiger partial charge is 0.423 e. The van der Waals surface area contributed by atoms with Gasteiger partial charge in [-0.15, -0.1) is 0 Å². The topological polar surface area (TPSA) is 249 Å². The zero-order valence-electron chi connectivity index (χ0n) is 63.2. The Hall–Kier alpha value is -13.7. The molecule has 0 spiro atoms. The largest absolute Gasteiger partial charge is 0.534 e. The standard InChI is InChI=1S/C36H22N2.C31H19F3O3S.C12H15BN2O2.C8H9BN2.C6H5BN2O2.CH4/c37-21-24-18-30(23-38-22-24)28-15-14-27-20-29(17-16-26(27)19-28)36-33-12-6-4-10-31(33)35(25-8-2-1-3-9-25)32-11-5-7-13-34(32)36;32-31(33,34)38(35,36)37-24-17-16-21-18-23(15-14-22(21)19-24)30-27-12-6-4-10-25(27)29(20-8-2-1-3-9-20)26-11-5-7-13-28(26)30;1-11(2)12(3,4)17-13(16-11)10-5-9(6-14)7-15-8-10;1-9(2)8-3-7(4-10)5-11-6-8;8-2-5-1-6(7(10)11)4-9-3-5;/h1-20,22-23H;1-19H;5,7-8H,1-4H3;3,5-6H,1-2H3;1,3-4,10-11H;1H4. The molecule has 15 nitrogen and oxygen atoms in total. The van der Waals surface area contributed by atoms with Crippen LogP contribution in [0, 0.1) is 45.3 Å². The van der Waals surface area contributed by atoms with Gasteiger partial charge in [0.1, 0.15) is 30.0 Å². The fraction of sp³-hybridized carbons (Fsp3) is 0.106. The average Bonchev–Trinajstić information content (AvgIpc) is 0.907. The number of benzene rings is 12. The lowest BCUT2D eigenvalue weighted by Crippen LogP contribution is -2.41. The molecule has 1 saturated heterocycles. The van der Waals surface area contributed by atoms with Gasteiger partial charge in [0.25, 0.3) is 0 Å². The highest BCUT2D eigenvalue weighted by Crippen LogP contribution is 2.47. The molecular formula is C94H74B3F3N8O7S. The van der Waals surface area contributed by atoms with Crippen LogP contribution in [0.25, 0.3) is 120 Å². The second-order valence-corrected chi connectivity index (χ2v) is 30.0. The van der Waals surface area contributed by atoms with Crippen LogP contribution in [0.2, 0.25) is 13.6 Å². The summed E-state index contributed by atoms with van der Waals surface area (Å²) in [4.78, 5) is 15.8. The van der Waals surface area contributed by atoms with Crippen LogP contribution in [-0.2, 0) is 19.4 Å². The molecule has 12 aromatic carbocycles. The molecular weight excluding hydrogens is 1470 g/mol. The lowest BCUT2D eigenvalue weighted by molar-refractivity contribution is -0.0500. The molecule has 0 atom stereocenters. The minimum absolute atomic E-state index is 0. The molecule has 4 aromatic heterocycles. The van der Waals surface area contributed by atoms with Crippen LogP contribution in [0.4, 0.5) is 13.2 Å². The molecule has 5 heterocycles. The van der Waals surface area contributed by atoms with E-state index in [4.69, 9.17) is 35.1 Å². The Morgan fingerprint density at radius 1 is 0.388 bits per heavy atom. The van der Waals surface area contributed by atoms with Crippen LogP contribution in [0.3, 0.4) is 0 Å². The number of hydrogen-bond donors (Lipinski definition) is 2. The first-order valence-corrected chi connectivity index (χ1v) is 38.0. The van der Waals surface area contributed by atoms with Gasteiger partial charge in [0.15, 0.2) is 6.71 Å². The lowest BCUT2D eigenvalue weighted by Gasteiger charge is -2.32. The number of rotatable bonds is 10. The number of nitriles is 4. The van der Waals surface area contributed by atoms with Crippen LogP contribution >= 0.6 is 0 Å². The average molecular weight is 1550 g/mol. The molecule has 0 unspecified atom stereocenters. The number of nitrogens with zero attached hydrogens (tertiary/aromatic N) is 8. The van der Waals surface area contributed by atoms with Gasteiger partial charge in [0.2, 0.25) is 0 Å². The first kappa shape index (κ1) is 81.8. The monoisotopic (exact) mass is 1550 g/mol. The predicted molar refractivity (Wildman–Crippen MR) is 459 cm³/mol. The summed E-state index contributed by atoms with van der Waals surface area (Å²) in [6, 6.07) is 92.7. The SMILES string of the molecule is C.CB(C)c1cncc(C#N)c1.CC1(C)OB(c2cncc(C#N)c2)OC1(C)C.N#Cc1cncc(-c2ccc3cc(-c4c5ccccc5c(-c5ccccc5)c5ccccc45)ccc3c2)c1.N#Cc1cncc(B(O)O)c1.O=S(=O)(Oc1ccc2cc(-c3c4ccccc4c(-c4ccccc4)c4ccccc34)ccc2c1)C(F)(F)F. The highest BCUT2D eigenvalue weighted by atomic mass is 32.2. The highest BCUT2D eigenvalue weighted by molar-refractivity contribution is 7.88. The third-order valence-corrected chi connectivity index (χ3v) is 21.0. The van der Waals surface area contributed by atoms with Crippen LogP contribution in [0.5, 0.6) is 5.75 Å². The van der Waals surface area contributed by atoms with Crippen molar-refractivity contribution in [3.05, 3.63) is 327 Å². The number of aromatic nitrogens is 4. The zero-order valence-corrected chi connectivity index (χ0v) is 64.0. The minimum atomic E-state index is -5.75. The Labute approximate surface area is 671 Å². The lowest BCUT2D eigenvalue weighted by atomic mass is 9.50. The van der Waals surface area contributed by atoms with E-state index in [0.29, 0.717) is 34.4 Å². The quantitative estimate of drug-likeness (QED) is 0.0559. The summed E-state index contributed by atoms with van der Waals surface area (Å²) in [5.41, 5.74) is 9.10. The summed E-state index contributed by atoms with van der Waals surface area (Å²) in [6.45, 7) is 12.6. The van der Waals surface area contributed by atoms with Gasteiger partial charge in [0.05, 0.1) is 33.5 Å². The highest BCUT2D eigenvalue weighted by Gasteiger charge is 2.52. The Morgan fingerprint density at radius 3 is 1.11 bits per heavy atom. The van der Waals surface area contributed by atoms with Gasteiger partial charge in [-0.2, -0.15) is 42.6 Å². The molecule has 0 saturated carbocycles. The van der Waals surface area contributed by atoms with Crippen molar-refractivity contribution in [1.82, 2.24) is 19.9 Å². The third-order valence-electron chi connectivity index (χ3n) is 20.1. The minimum Gasteiger partial charge on any atom is -0.423 e. The molecule has 116 heavy (non-hydrogen) atoms. The number of halogens is 3. The van der Waals surface area contributed by atoms with Gasteiger partial charge in [-0.25, -0.2) is 0 Å². The first-order chi connectivity index (χ1) is 55.4. The molecule has 2 N–H and O–H groups in total. The number of alkyl halides is 3. The van der Waals surface area contributed by atoms with E-state index in [2.05, 4.69) is 208 Å². The van der Waals surface area contributed by atoms with Gasteiger partial charge in [-0.1, -0.05) is 227 Å². The van der Waals surface area contributed by atoms with Gasteiger partial charge >= 0.3 is 29.9 Å². The first-order valence-electron chi connectivity index (χ1n) is 36.6. The zero-order chi connectivity index (χ0) is 81.2. The summed E-state index contributed by atoms with van der Waals surface area (Å²) in [6.07, 6.45) is 12.6. The molecule has 17 rings (SSSR count). The maximum atomic E-state index is 12.8. The molecule has 1 fully saturated rings. The van der Waals surface area contributed by atoms with Crippen molar-refractivity contribution >= 4 is 112 Å². The third kappa shape index (κ3) is 17.9. The maximum Gasteiger partial charge on any atom is 0.534 e. The van der Waals surface area contributed by atoms with Crippen LogP contribution in [0.15, 0.2) is 304 Å². The van der Waals surface area contributed by atoms with E-state index in [-0.39, 0.29) is 24.1 Å².